The lowest BCUT2D eigenvalue weighted by atomic mass is 10.1. The predicted molar refractivity (Wildman–Crippen MR) is 148 cm³/mol. The number of nitrogens with zero attached hydrogens (tertiary/aromatic N) is 4. The summed E-state index contributed by atoms with van der Waals surface area (Å²) < 4.78 is 5.56. The van der Waals surface area contributed by atoms with Crippen LogP contribution in [0.2, 0.25) is 0 Å². The van der Waals surface area contributed by atoms with Crippen LogP contribution in [0.3, 0.4) is 0 Å². The van der Waals surface area contributed by atoms with Crippen molar-refractivity contribution in [1.82, 2.24) is 15.0 Å². The first kappa shape index (κ1) is 26.2. The molecule has 1 aromatic heterocycles. The molecule has 2 aromatic carbocycles. The van der Waals surface area contributed by atoms with Crippen molar-refractivity contribution in [2.45, 2.75) is 71.6 Å². The van der Waals surface area contributed by atoms with Crippen LogP contribution in [-0.4, -0.2) is 51.9 Å². The summed E-state index contributed by atoms with van der Waals surface area (Å²) in [5.74, 6) is 0.569. The Morgan fingerprint density at radius 2 is 1.74 bits per heavy atom. The number of hydrogen-bond donors (Lipinski definition) is 0. The lowest BCUT2D eigenvalue weighted by molar-refractivity contribution is -0.116. The number of para-hydroxylation sites is 1. The van der Waals surface area contributed by atoms with E-state index < -0.39 is 0 Å². The molecule has 0 aliphatic carbocycles. The third-order valence-electron chi connectivity index (χ3n) is 7.79. The molecule has 0 spiro atoms. The number of aromatic nitrogens is 1. The molecular weight excluding hydrogens is 476 g/mol. The Hall–Kier alpha value is -3.45. The van der Waals surface area contributed by atoms with Gasteiger partial charge in [-0.15, -0.1) is 0 Å². The van der Waals surface area contributed by atoms with Gasteiger partial charge in [-0.1, -0.05) is 67.5 Å². The van der Waals surface area contributed by atoms with Gasteiger partial charge >= 0.3 is 0 Å². The van der Waals surface area contributed by atoms with E-state index in [1.165, 1.54) is 5.56 Å². The van der Waals surface area contributed by atoms with Crippen LogP contribution in [0.1, 0.15) is 67.4 Å². The Morgan fingerprint density at radius 3 is 2.50 bits per heavy atom. The predicted octanol–water partition coefficient (Wildman–Crippen LogP) is 5.31. The van der Waals surface area contributed by atoms with Crippen LogP contribution >= 0.6 is 0 Å². The summed E-state index contributed by atoms with van der Waals surface area (Å²) in [6.45, 7) is 8.36. The number of carbonyl (C=O) groups is 2. The van der Waals surface area contributed by atoms with Crippen molar-refractivity contribution in [3.8, 4) is 0 Å². The van der Waals surface area contributed by atoms with Gasteiger partial charge in [0.2, 0.25) is 11.7 Å². The van der Waals surface area contributed by atoms with Crippen molar-refractivity contribution < 1.29 is 14.1 Å². The minimum atomic E-state index is -0.154. The Balaban J connectivity index is 1.51. The molecule has 7 nitrogen and oxygen atoms in total. The highest BCUT2D eigenvalue weighted by atomic mass is 16.5. The van der Waals surface area contributed by atoms with E-state index in [-0.39, 0.29) is 23.6 Å². The average molecular weight is 515 g/mol. The molecule has 200 valence electrons. The summed E-state index contributed by atoms with van der Waals surface area (Å²) in [5.41, 5.74) is 3.90. The molecule has 3 aromatic rings. The Labute approximate surface area is 225 Å². The van der Waals surface area contributed by atoms with Crippen molar-refractivity contribution in [3.05, 3.63) is 83.2 Å². The topological polar surface area (TPSA) is 69.9 Å². The summed E-state index contributed by atoms with van der Waals surface area (Å²) in [6, 6.07) is 20.8. The van der Waals surface area contributed by atoms with Gasteiger partial charge in [-0.05, 0) is 48.8 Å². The summed E-state index contributed by atoms with van der Waals surface area (Å²) >= 11 is 0. The number of anilines is 1. The lowest BCUT2D eigenvalue weighted by Crippen LogP contribution is -2.45. The van der Waals surface area contributed by atoms with Gasteiger partial charge in [0.25, 0.3) is 5.91 Å². The molecule has 1 fully saturated rings. The molecule has 0 saturated carbocycles. The van der Waals surface area contributed by atoms with Gasteiger partial charge in [-0.3, -0.25) is 14.5 Å². The molecule has 38 heavy (non-hydrogen) atoms. The van der Waals surface area contributed by atoms with Crippen LogP contribution < -0.4 is 4.90 Å². The van der Waals surface area contributed by atoms with E-state index in [1.54, 1.807) is 13.0 Å². The van der Waals surface area contributed by atoms with Crippen LogP contribution in [0.15, 0.2) is 65.2 Å². The van der Waals surface area contributed by atoms with Crippen molar-refractivity contribution in [1.29, 1.82) is 0 Å². The second-order valence-corrected chi connectivity index (χ2v) is 11.1. The molecule has 2 aliphatic heterocycles. The van der Waals surface area contributed by atoms with Gasteiger partial charge < -0.3 is 14.3 Å². The fraction of sp³-hybridized carbons (Fsp3) is 0.452. The van der Waals surface area contributed by atoms with Crippen molar-refractivity contribution >= 4 is 17.5 Å². The number of carbonyl (C=O) groups excluding carboxylic acids is 2. The fourth-order valence-electron chi connectivity index (χ4n) is 5.97. The van der Waals surface area contributed by atoms with Crippen molar-refractivity contribution in [3.63, 3.8) is 0 Å². The first-order chi connectivity index (χ1) is 18.4. The highest BCUT2D eigenvalue weighted by Gasteiger charge is 2.37. The largest absolute Gasteiger partial charge is 0.351 e. The van der Waals surface area contributed by atoms with Crippen LogP contribution in [0, 0.1) is 5.92 Å². The minimum absolute atomic E-state index is 0.0206. The maximum atomic E-state index is 13.9. The number of fused-ring (bicyclic) bond motifs is 3. The lowest BCUT2D eigenvalue weighted by Gasteiger charge is -2.33. The molecule has 0 radical (unpaired) electrons. The van der Waals surface area contributed by atoms with Gasteiger partial charge in [0, 0.05) is 56.9 Å². The number of hydrogen-bond acceptors (Lipinski definition) is 5. The molecule has 5 rings (SSSR count). The molecule has 7 heteroatoms. The summed E-state index contributed by atoms with van der Waals surface area (Å²) in [4.78, 5) is 33.1. The minimum Gasteiger partial charge on any atom is -0.351 e. The van der Waals surface area contributed by atoms with Crippen LogP contribution in [0.5, 0.6) is 0 Å². The Kier molecular flexibility index (Phi) is 7.93. The van der Waals surface area contributed by atoms with E-state index in [0.717, 1.165) is 49.2 Å². The molecule has 3 heterocycles. The third kappa shape index (κ3) is 5.83. The van der Waals surface area contributed by atoms with E-state index in [4.69, 9.17) is 4.52 Å². The van der Waals surface area contributed by atoms with Crippen LogP contribution in [0.25, 0.3) is 0 Å². The molecule has 1 saturated heterocycles. The smallest absolute Gasteiger partial charge is 0.292 e. The van der Waals surface area contributed by atoms with Gasteiger partial charge in [0.1, 0.15) is 0 Å². The van der Waals surface area contributed by atoms with E-state index in [9.17, 15) is 9.59 Å². The number of benzene rings is 2. The maximum Gasteiger partial charge on any atom is 0.292 e. The number of amides is 2. The number of rotatable bonds is 5. The molecule has 2 atom stereocenters. The van der Waals surface area contributed by atoms with E-state index >= 15 is 0 Å². The maximum absolute atomic E-state index is 13.9. The quantitative estimate of drug-likeness (QED) is 0.462. The van der Waals surface area contributed by atoms with Crippen LogP contribution in [-0.2, 0) is 24.3 Å². The zero-order chi connectivity index (χ0) is 26.6. The van der Waals surface area contributed by atoms with E-state index in [2.05, 4.69) is 48.2 Å². The zero-order valence-electron chi connectivity index (χ0n) is 22.7. The van der Waals surface area contributed by atoms with Crippen molar-refractivity contribution in [2.75, 3.05) is 18.0 Å². The summed E-state index contributed by atoms with van der Waals surface area (Å²) in [5, 5.41) is 4.17. The molecule has 0 unspecified atom stereocenters. The third-order valence-corrected chi connectivity index (χ3v) is 7.79. The normalized spacial score (nSPS) is 20.3. The average Bonchev–Trinajstić information content (AvgIpc) is 3.50. The zero-order valence-corrected chi connectivity index (χ0v) is 22.7. The first-order valence-electron chi connectivity index (χ1n) is 13.8. The van der Waals surface area contributed by atoms with E-state index in [1.807, 2.05) is 40.1 Å². The molecule has 2 aliphatic rings. The SMILES string of the molecule is CC(=O)N1CC[C@@H]2CC[C@H](CN(C(=O)c3cc(CC(C)C)no3)Cc3ccccc31)N2Cc1ccccc1. The second kappa shape index (κ2) is 11.5. The highest BCUT2D eigenvalue weighted by molar-refractivity contribution is 5.93. The molecule has 2 amide bonds. The van der Waals surface area contributed by atoms with Crippen LogP contribution in [0.4, 0.5) is 5.69 Å². The second-order valence-electron chi connectivity index (χ2n) is 11.1. The molecular formula is C31H38N4O3. The fourth-order valence-corrected chi connectivity index (χ4v) is 5.97. The Morgan fingerprint density at radius 1 is 1.00 bits per heavy atom. The highest BCUT2D eigenvalue weighted by Crippen LogP contribution is 2.33. The van der Waals surface area contributed by atoms with Crippen molar-refractivity contribution in [2.24, 2.45) is 5.92 Å². The van der Waals surface area contributed by atoms with Gasteiger partial charge in [-0.2, -0.15) is 0 Å². The van der Waals surface area contributed by atoms with Gasteiger partial charge in [0.05, 0.1) is 5.69 Å². The van der Waals surface area contributed by atoms with Gasteiger partial charge in [-0.25, -0.2) is 0 Å². The molecule has 0 N–H and O–H groups in total. The van der Waals surface area contributed by atoms with Gasteiger partial charge in [0.15, 0.2) is 0 Å². The Bertz CT molecular complexity index is 1250. The monoisotopic (exact) mass is 514 g/mol. The molecule has 2 bridgehead atoms. The summed E-state index contributed by atoms with van der Waals surface area (Å²) in [6.07, 6.45) is 3.72. The standard InChI is InChI=1S/C31H38N4O3/c1-22(2)17-26-18-30(38-32-26)31(37)33-20-25-11-7-8-12-29(25)34(23(3)36)16-15-27-13-14-28(21-33)35(27)19-24-9-5-4-6-10-24/h4-12,18,22,27-28H,13-17,19-21H2,1-3H3/t27-,28+/m0/s1. The first-order valence-corrected chi connectivity index (χ1v) is 13.8. The van der Waals surface area contributed by atoms with E-state index in [0.29, 0.717) is 31.6 Å². The summed E-state index contributed by atoms with van der Waals surface area (Å²) in [7, 11) is 0.